The van der Waals surface area contributed by atoms with Gasteiger partial charge in [-0.1, -0.05) is 12.1 Å². The van der Waals surface area contributed by atoms with Crippen LogP contribution >= 0.6 is 0 Å². The number of rotatable bonds is 6. The molecule has 1 N–H and O–H groups in total. The maximum atomic E-state index is 12.6. The van der Waals surface area contributed by atoms with Crippen LogP contribution in [0.4, 0.5) is 0 Å². The number of nitrogens with zero attached hydrogens (tertiary/aromatic N) is 1. The molecule has 0 bridgehead atoms. The fourth-order valence-electron chi connectivity index (χ4n) is 2.42. The van der Waals surface area contributed by atoms with Gasteiger partial charge in [-0.25, -0.2) is 0 Å². The van der Waals surface area contributed by atoms with Crippen LogP contribution in [-0.2, 0) is 0 Å². The van der Waals surface area contributed by atoms with Crippen LogP contribution in [0.25, 0.3) is 0 Å². The van der Waals surface area contributed by atoms with Crippen LogP contribution in [0.2, 0.25) is 0 Å². The molecule has 0 aliphatic carbocycles. The van der Waals surface area contributed by atoms with Gasteiger partial charge in [0.1, 0.15) is 0 Å². The SMILES string of the molecule is COc1cc(C(=O)NC(C)c2ccc(C#N)cc2)cc(OC)c1OC. The molecule has 0 radical (unpaired) electrons. The van der Waals surface area contributed by atoms with Crippen LogP contribution in [-0.4, -0.2) is 27.2 Å². The van der Waals surface area contributed by atoms with E-state index in [2.05, 4.69) is 11.4 Å². The topological polar surface area (TPSA) is 80.6 Å². The van der Waals surface area contributed by atoms with Crippen molar-refractivity contribution in [1.82, 2.24) is 5.32 Å². The number of hydrogen-bond acceptors (Lipinski definition) is 5. The minimum absolute atomic E-state index is 0.223. The predicted molar refractivity (Wildman–Crippen MR) is 93.1 cm³/mol. The van der Waals surface area contributed by atoms with Gasteiger partial charge in [0.15, 0.2) is 11.5 Å². The zero-order chi connectivity index (χ0) is 18.4. The van der Waals surface area contributed by atoms with Gasteiger partial charge in [-0.15, -0.1) is 0 Å². The van der Waals surface area contributed by atoms with Crippen molar-refractivity contribution in [1.29, 1.82) is 5.26 Å². The van der Waals surface area contributed by atoms with Gasteiger partial charge in [-0.2, -0.15) is 5.26 Å². The van der Waals surface area contributed by atoms with E-state index >= 15 is 0 Å². The Morgan fingerprint density at radius 1 is 1.04 bits per heavy atom. The zero-order valence-electron chi connectivity index (χ0n) is 14.6. The lowest BCUT2D eigenvalue weighted by Crippen LogP contribution is -2.26. The Balaban J connectivity index is 2.23. The van der Waals surface area contributed by atoms with Crippen molar-refractivity contribution in [2.45, 2.75) is 13.0 Å². The number of hydrogen-bond donors (Lipinski definition) is 1. The molecule has 0 heterocycles. The van der Waals surface area contributed by atoms with Crippen molar-refractivity contribution in [3.63, 3.8) is 0 Å². The van der Waals surface area contributed by atoms with Gasteiger partial charge in [0.05, 0.1) is 39.0 Å². The lowest BCUT2D eigenvalue weighted by Gasteiger charge is -2.17. The molecule has 6 heteroatoms. The van der Waals surface area contributed by atoms with Crippen LogP contribution in [0.3, 0.4) is 0 Å². The molecule has 25 heavy (non-hydrogen) atoms. The third kappa shape index (κ3) is 4.01. The van der Waals surface area contributed by atoms with E-state index in [0.29, 0.717) is 28.4 Å². The number of benzene rings is 2. The third-order valence-corrected chi connectivity index (χ3v) is 3.81. The molecule has 2 aromatic carbocycles. The first-order chi connectivity index (χ1) is 12.0. The summed E-state index contributed by atoms with van der Waals surface area (Å²) in [7, 11) is 4.50. The van der Waals surface area contributed by atoms with E-state index in [1.165, 1.54) is 21.3 Å². The molecule has 1 amide bonds. The van der Waals surface area contributed by atoms with Crippen molar-refractivity contribution in [2.24, 2.45) is 0 Å². The Morgan fingerprint density at radius 2 is 1.60 bits per heavy atom. The van der Waals surface area contributed by atoms with E-state index in [1.54, 1.807) is 24.3 Å². The molecule has 0 aliphatic rings. The summed E-state index contributed by atoms with van der Waals surface area (Å²) in [6.45, 7) is 1.87. The van der Waals surface area contributed by atoms with Gasteiger partial charge in [0.25, 0.3) is 5.91 Å². The quantitative estimate of drug-likeness (QED) is 0.874. The minimum atomic E-state index is -0.267. The monoisotopic (exact) mass is 340 g/mol. The first-order valence-corrected chi connectivity index (χ1v) is 7.65. The number of ether oxygens (including phenoxy) is 3. The molecule has 0 spiro atoms. The third-order valence-electron chi connectivity index (χ3n) is 3.81. The number of methoxy groups -OCH3 is 3. The average molecular weight is 340 g/mol. The Hall–Kier alpha value is -3.20. The summed E-state index contributed by atoms with van der Waals surface area (Å²) in [5.74, 6) is 0.994. The van der Waals surface area contributed by atoms with Gasteiger partial charge in [0.2, 0.25) is 5.75 Å². The first kappa shape index (κ1) is 18.1. The first-order valence-electron chi connectivity index (χ1n) is 7.65. The number of carbonyl (C=O) groups is 1. The van der Waals surface area contributed by atoms with E-state index in [0.717, 1.165) is 5.56 Å². The normalized spacial score (nSPS) is 11.2. The molecule has 2 aromatic rings. The molecule has 6 nitrogen and oxygen atoms in total. The van der Waals surface area contributed by atoms with Crippen molar-refractivity contribution < 1.29 is 19.0 Å². The summed E-state index contributed by atoms with van der Waals surface area (Å²) in [4.78, 5) is 12.6. The van der Waals surface area contributed by atoms with E-state index in [9.17, 15) is 4.79 Å². The molecular formula is C19H20N2O4. The van der Waals surface area contributed by atoms with Crippen molar-refractivity contribution >= 4 is 5.91 Å². The molecule has 2 rings (SSSR count). The Morgan fingerprint density at radius 3 is 2.04 bits per heavy atom. The summed E-state index contributed by atoms with van der Waals surface area (Å²) in [5.41, 5.74) is 1.88. The van der Waals surface area contributed by atoms with Gasteiger partial charge in [0, 0.05) is 5.56 Å². The Kier molecular flexibility index (Phi) is 5.85. The second kappa shape index (κ2) is 8.06. The molecule has 0 saturated heterocycles. The summed E-state index contributed by atoms with van der Waals surface area (Å²) >= 11 is 0. The van der Waals surface area contributed by atoms with E-state index in [1.807, 2.05) is 19.1 Å². The standard InChI is InChI=1S/C19H20N2O4/c1-12(14-7-5-13(11-20)6-8-14)21-19(22)15-9-16(23-2)18(25-4)17(10-15)24-3/h5-10,12H,1-4H3,(H,21,22). The number of amides is 1. The summed E-state index contributed by atoms with van der Waals surface area (Å²) in [6, 6.07) is 12.1. The summed E-state index contributed by atoms with van der Waals surface area (Å²) in [5, 5.41) is 11.8. The fourth-order valence-corrected chi connectivity index (χ4v) is 2.42. The van der Waals surface area contributed by atoms with Crippen LogP contribution in [0, 0.1) is 11.3 Å². The Labute approximate surface area is 146 Å². The minimum Gasteiger partial charge on any atom is -0.493 e. The highest BCUT2D eigenvalue weighted by Crippen LogP contribution is 2.38. The summed E-state index contributed by atoms with van der Waals surface area (Å²) < 4.78 is 15.8. The van der Waals surface area contributed by atoms with Crippen LogP contribution in [0.1, 0.15) is 34.5 Å². The average Bonchev–Trinajstić information content (AvgIpc) is 2.66. The molecular weight excluding hydrogens is 320 g/mol. The number of nitrogens with one attached hydrogen (secondary N) is 1. The largest absolute Gasteiger partial charge is 0.493 e. The van der Waals surface area contributed by atoms with E-state index in [-0.39, 0.29) is 11.9 Å². The maximum absolute atomic E-state index is 12.6. The molecule has 130 valence electrons. The van der Waals surface area contributed by atoms with Gasteiger partial charge in [-0.3, -0.25) is 4.79 Å². The molecule has 0 aliphatic heterocycles. The maximum Gasteiger partial charge on any atom is 0.252 e. The lowest BCUT2D eigenvalue weighted by atomic mass is 10.1. The van der Waals surface area contributed by atoms with Crippen LogP contribution in [0.5, 0.6) is 17.2 Å². The molecule has 0 saturated carbocycles. The number of carbonyl (C=O) groups excluding carboxylic acids is 1. The van der Waals surface area contributed by atoms with Crippen molar-refractivity contribution in [3.8, 4) is 23.3 Å². The second-order valence-corrected chi connectivity index (χ2v) is 5.34. The second-order valence-electron chi connectivity index (χ2n) is 5.34. The van der Waals surface area contributed by atoms with Gasteiger partial charge in [-0.05, 0) is 36.8 Å². The van der Waals surface area contributed by atoms with E-state index < -0.39 is 0 Å². The highest BCUT2D eigenvalue weighted by Gasteiger charge is 2.18. The highest BCUT2D eigenvalue weighted by atomic mass is 16.5. The van der Waals surface area contributed by atoms with Crippen molar-refractivity contribution in [3.05, 3.63) is 53.1 Å². The fraction of sp³-hybridized carbons (Fsp3) is 0.263. The van der Waals surface area contributed by atoms with Gasteiger partial charge < -0.3 is 19.5 Å². The zero-order valence-corrected chi connectivity index (χ0v) is 14.6. The van der Waals surface area contributed by atoms with Crippen molar-refractivity contribution in [2.75, 3.05) is 21.3 Å². The lowest BCUT2D eigenvalue weighted by molar-refractivity contribution is 0.0939. The van der Waals surface area contributed by atoms with Crippen LogP contribution in [0.15, 0.2) is 36.4 Å². The van der Waals surface area contributed by atoms with E-state index in [4.69, 9.17) is 19.5 Å². The molecule has 0 fully saturated rings. The molecule has 1 unspecified atom stereocenters. The Bertz CT molecular complexity index is 769. The molecule has 1 atom stereocenters. The summed E-state index contributed by atoms with van der Waals surface area (Å²) in [6.07, 6.45) is 0. The van der Waals surface area contributed by atoms with Gasteiger partial charge >= 0.3 is 0 Å². The molecule has 0 aromatic heterocycles. The van der Waals surface area contributed by atoms with Crippen LogP contribution < -0.4 is 19.5 Å². The number of nitriles is 1. The highest BCUT2D eigenvalue weighted by molar-refractivity contribution is 5.95. The predicted octanol–water partition coefficient (Wildman–Crippen LogP) is 3.08. The smallest absolute Gasteiger partial charge is 0.252 e.